The van der Waals surface area contributed by atoms with Crippen LogP contribution in [0, 0.1) is 17.0 Å². The number of aromatic nitrogens is 3. The molecule has 0 radical (unpaired) electrons. The third-order valence-corrected chi connectivity index (χ3v) is 6.28. The summed E-state index contributed by atoms with van der Waals surface area (Å²) in [5, 5.41) is 25.7. The molecule has 0 saturated carbocycles. The highest BCUT2D eigenvalue weighted by atomic mass is 16.6. The molecule has 0 aliphatic heterocycles. The van der Waals surface area contributed by atoms with Gasteiger partial charge in [0.1, 0.15) is 28.7 Å². The number of hydrogen-bond donors (Lipinski definition) is 4. The maximum Gasteiger partial charge on any atom is 0.273 e. The summed E-state index contributed by atoms with van der Waals surface area (Å²) in [4.78, 5) is 34.5. The Labute approximate surface area is 216 Å². The number of carbonyl (C=O) groups is 1. The first-order valence-corrected chi connectivity index (χ1v) is 11.9. The summed E-state index contributed by atoms with van der Waals surface area (Å²) in [6.07, 6.45) is 1.96. The highest BCUT2D eigenvalue weighted by Gasteiger charge is 2.26. The van der Waals surface area contributed by atoms with E-state index in [-0.39, 0.29) is 23.8 Å². The monoisotopic (exact) mass is 515 g/mol. The van der Waals surface area contributed by atoms with Crippen LogP contribution in [0.15, 0.2) is 53.1 Å². The first-order chi connectivity index (χ1) is 18.3. The van der Waals surface area contributed by atoms with Crippen LogP contribution in [0.1, 0.15) is 34.4 Å². The number of carbonyl (C=O) groups excluding carboxylic acids is 1. The number of furan rings is 1. The smallest absolute Gasteiger partial charge is 0.273 e. The van der Waals surface area contributed by atoms with E-state index in [9.17, 15) is 20.0 Å². The number of aromatic amines is 2. The highest BCUT2D eigenvalue weighted by molar-refractivity contribution is 6.10. The molecule has 5 aromatic rings. The lowest BCUT2D eigenvalue weighted by Crippen LogP contribution is -2.24. The SMILES string of the molecule is CCNC(=O)c1c(C)nc2[nH]c(Cc3ccc(-c4ccc([N+](=O)[O-])cc4OC)o3)c(O)c2c1-c1ccc[nH]1. The molecule has 0 saturated heterocycles. The Morgan fingerprint density at radius 3 is 2.76 bits per heavy atom. The first-order valence-electron chi connectivity index (χ1n) is 11.9. The number of non-ortho nitro benzene ring substituents is 1. The Morgan fingerprint density at radius 1 is 1.26 bits per heavy atom. The zero-order valence-corrected chi connectivity index (χ0v) is 20.9. The van der Waals surface area contributed by atoms with Gasteiger partial charge in [-0.2, -0.15) is 0 Å². The molecule has 0 aliphatic rings. The minimum Gasteiger partial charge on any atom is -0.505 e. The van der Waals surface area contributed by atoms with E-state index in [1.165, 1.54) is 19.2 Å². The number of methoxy groups -OCH3 is 1. The van der Waals surface area contributed by atoms with Crippen molar-refractivity contribution >= 4 is 22.6 Å². The number of nitrogens with zero attached hydrogens (tertiary/aromatic N) is 2. The summed E-state index contributed by atoms with van der Waals surface area (Å²) in [7, 11) is 1.43. The van der Waals surface area contributed by atoms with Gasteiger partial charge in [0.05, 0.1) is 46.0 Å². The average Bonchev–Trinajstić information content (AvgIpc) is 3.65. The molecule has 0 aliphatic carbocycles. The van der Waals surface area contributed by atoms with Gasteiger partial charge in [0.2, 0.25) is 0 Å². The number of nitro groups is 1. The molecule has 0 atom stereocenters. The van der Waals surface area contributed by atoms with Crippen molar-refractivity contribution in [3.8, 4) is 34.1 Å². The van der Waals surface area contributed by atoms with E-state index in [0.29, 0.717) is 68.6 Å². The summed E-state index contributed by atoms with van der Waals surface area (Å²) < 4.78 is 11.3. The van der Waals surface area contributed by atoms with E-state index < -0.39 is 4.92 Å². The van der Waals surface area contributed by atoms with Gasteiger partial charge >= 0.3 is 0 Å². The Balaban J connectivity index is 1.56. The quantitative estimate of drug-likeness (QED) is 0.165. The number of amides is 1. The third-order valence-electron chi connectivity index (χ3n) is 6.28. The number of aryl methyl sites for hydroxylation is 1. The maximum atomic E-state index is 13.0. The van der Waals surface area contributed by atoms with E-state index in [4.69, 9.17) is 9.15 Å². The number of ether oxygens (including phenoxy) is 1. The number of aromatic hydroxyl groups is 1. The largest absolute Gasteiger partial charge is 0.505 e. The zero-order valence-electron chi connectivity index (χ0n) is 20.9. The van der Waals surface area contributed by atoms with Gasteiger partial charge in [-0.1, -0.05) is 0 Å². The fourth-order valence-electron chi connectivity index (χ4n) is 4.58. The summed E-state index contributed by atoms with van der Waals surface area (Å²) in [5.74, 6) is 0.986. The predicted molar refractivity (Wildman–Crippen MR) is 140 cm³/mol. The molecule has 1 aromatic carbocycles. The lowest BCUT2D eigenvalue weighted by atomic mass is 9.99. The van der Waals surface area contributed by atoms with Gasteiger partial charge in [-0.15, -0.1) is 0 Å². The molecule has 11 nitrogen and oxygen atoms in total. The lowest BCUT2D eigenvalue weighted by molar-refractivity contribution is -0.384. The van der Waals surface area contributed by atoms with Crippen LogP contribution in [0.5, 0.6) is 11.5 Å². The zero-order chi connectivity index (χ0) is 27.0. The summed E-state index contributed by atoms with van der Waals surface area (Å²) >= 11 is 0. The van der Waals surface area contributed by atoms with Crippen molar-refractivity contribution in [2.75, 3.05) is 13.7 Å². The number of pyridine rings is 1. The number of H-pyrrole nitrogens is 2. The van der Waals surface area contributed by atoms with E-state index in [1.807, 2.05) is 19.1 Å². The van der Waals surface area contributed by atoms with E-state index >= 15 is 0 Å². The van der Waals surface area contributed by atoms with E-state index in [1.54, 1.807) is 31.3 Å². The molecule has 0 spiro atoms. The Hall–Kier alpha value is -5.06. The fourth-order valence-corrected chi connectivity index (χ4v) is 4.58. The van der Waals surface area contributed by atoms with Gasteiger partial charge in [0.25, 0.3) is 11.6 Å². The van der Waals surface area contributed by atoms with Gasteiger partial charge in [-0.25, -0.2) is 4.98 Å². The van der Waals surface area contributed by atoms with Crippen molar-refractivity contribution in [3.63, 3.8) is 0 Å². The molecule has 4 heterocycles. The van der Waals surface area contributed by atoms with Crippen molar-refractivity contribution < 1.29 is 24.0 Å². The molecule has 0 bridgehead atoms. The maximum absolute atomic E-state index is 13.0. The second-order valence-corrected chi connectivity index (χ2v) is 8.65. The van der Waals surface area contributed by atoms with Crippen molar-refractivity contribution in [2.24, 2.45) is 0 Å². The van der Waals surface area contributed by atoms with Crippen molar-refractivity contribution in [1.82, 2.24) is 20.3 Å². The Kier molecular flexibility index (Phi) is 6.33. The third kappa shape index (κ3) is 4.23. The number of nitrogens with one attached hydrogen (secondary N) is 3. The molecule has 194 valence electrons. The summed E-state index contributed by atoms with van der Waals surface area (Å²) in [5.41, 5.74) is 3.50. The van der Waals surface area contributed by atoms with E-state index in [0.717, 1.165) is 0 Å². The van der Waals surface area contributed by atoms with Crippen LogP contribution in [0.2, 0.25) is 0 Å². The molecule has 4 aromatic heterocycles. The molecular formula is C27H25N5O6. The summed E-state index contributed by atoms with van der Waals surface area (Å²) in [6, 6.07) is 11.4. The standard InChI is InChI=1S/C27H25N5O6/c1-4-28-27(34)22-14(2)30-26-24(23(22)18-6-5-11-29-18)25(33)19(31-26)13-16-8-10-20(38-16)17-9-7-15(32(35)36)12-21(17)37-3/h5-12,29,33H,4,13H2,1-3H3,(H,28,34)(H,30,31). The molecule has 0 fully saturated rings. The Morgan fingerprint density at radius 2 is 2.08 bits per heavy atom. The summed E-state index contributed by atoms with van der Waals surface area (Å²) in [6.45, 7) is 4.04. The van der Waals surface area contributed by atoms with Gasteiger partial charge < -0.3 is 29.5 Å². The van der Waals surface area contributed by atoms with Crippen molar-refractivity contribution in [3.05, 3.63) is 81.5 Å². The molecule has 11 heteroatoms. The van der Waals surface area contributed by atoms with Gasteiger partial charge in [-0.05, 0) is 44.2 Å². The van der Waals surface area contributed by atoms with Crippen molar-refractivity contribution in [2.45, 2.75) is 20.3 Å². The number of hydrogen-bond acceptors (Lipinski definition) is 7. The number of fused-ring (bicyclic) bond motifs is 1. The number of rotatable bonds is 8. The second kappa shape index (κ2) is 9.77. The second-order valence-electron chi connectivity index (χ2n) is 8.65. The first kappa shape index (κ1) is 24.6. The van der Waals surface area contributed by atoms with Gasteiger partial charge in [-0.3, -0.25) is 14.9 Å². The molecule has 0 unspecified atom stereocenters. The van der Waals surface area contributed by atoms with Gasteiger partial charge in [0, 0.05) is 36.5 Å². The van der Waals surface area contributed by atoms with Crippen LogP contribution < -0.4 is 10.1 Å². The molecule has 38 heavy (non-hydrogen) atoms. The number of nitro benzene ring substituents is 1. The van der Waals surface area contributed by atoms with Gasteiger partial charge in [0.15, 0.2) is 0 Å². The van der Waals surface area contributed by atoms with Crippen molar-refractivity contribution in [1.29, 1.82) is 0 Å². The normalized spacial score (nSPS) is 11.1. The van der Waals surface area contributed by atoms with Crippen LogP contribution in [-0.4, -0.2) is 44.5 Å². The molecule has 4 N–H and O–H groups in total. The lowest BCUT2D eigenvalue weighted by Gasteiger charge is -2.12. The topological polar surface area (TPSA) is 159 Å². The molecule has 5 rings (SSSR count). The predicted octanol–water partition coefficient (Wildman–Crippen LogP) is 5.09. The minimum atomic E-state index is -0.493. The van der Waals surface area contributed by atoms with Crippen LogP contribution >= 0.6 is 0 Å². The van der Waals surface area contributed by atoms with E-state index in [2.05, 4.69) is 20.3 Å². The van der Waals surface area contributed by atoms with Crippen LogP contribution in [-0.2, 0) is 6.42 Å². The minimum absolute atomic E-state index is 0.0338. The molecular weight excluding hydrogens is 490 g/mol. The highest BCUT2D eigenvalue weighted by Crippen LogP contribution is 2.40. The Bertz CT molecular complexity index is 1670. The van der Waals surface area contributed by atoms with Crippen LogP contribution in [0.3, 0.4) is 0 Å². The molecule has 1 amide bonds. The average molecular weight is 516 g/mol. The number of benzene rings is 1. The van der Waals surface area contributed by atoms with Crippen LogP contribution in [0.4, 0.5) is 5.69 Å². The van der Waals surface area contributed by atoms with Crippen LogP contribution in [0.25, 0.3) is 33.6 Å². The fraction of sp³-hybridized carbons (Fsp3) is 0.185.